The smallest absolute Gasteiger partial charge is 0.281 e. The summed E-state index contributed by atoms with van der Waals surface area (Å²) in [5.74, 6) is 0.812. The lowest BCUT2D eigenvalue weighted by molar-refractivity contribution is 0.334. The molecular weight excluding hydrogens is 155 g/mol. The molecule has 0 fully saturated rings. The number of furan rings is 1. The first-order valence-corrected chi connectivity index (χ1v) is 4.53. The van der Waals surface area contributed by atoms with Crippen molar-refractivity contribution in [2.24, 2.45) is 0 Å². The highest BCUT2D eigenvalue weighted by atomic mass is 19.1. The van der Waals surface area contributed by atoms with Gasteiger partial charge < -0.3 is 4.42 Å². The van der Waals surface area contributed by atoms with Gasteiger partial charge in [-0.25, -0.2) is 0 Å². The van der Waals surface area contributed by atoms with Crippen LogP contribution in [0.5, 0.6) is 0 Å². The van der Waals surface area contributed by atoms with Crippen molar-refractivity contribution < 1.29 is 8.81 Å². The van der Waals surface area contributed by atoms with Crippen molar-refractivity contribution >= 4 is 0 Å². The molecule has 2 heteroatoms. The Morgan fingerprint density at radius 3 is 2.00 bits per heavy atom. The Bertz CT molecular complexity index is 263. The number of rotatable bonds is 3. The van der Waals surface area contributed by atoms with Gasteiger partial charge in [-0.3, -0.25) is 0 Å². The van der Waals surface area contributed by atoms with E-state index in [1.54, 1.807) is 0 Å². The molecular formula is C10H15FO. The van der Waals surface area contributed by atoms with Crippen LogP contribution < -0.4 is 0 Å². The van der Waals surface area contributed by atoms with Crippen molar-refractivity contribution in [3.8, 4) is 0 Å². The summed E-state index contributed by atoms with van der Waals surface area (Å²) in [6.45, 7) is 5.96. The van der Waals surface area contributed by atoms with Crippen molar-refractivity contribution in [1.82, 2.24) is 0 Å². The summed E-state index contributed by atoms with van der Waals surface area (Å²) in [5, 5.41) is 0. The molecule has 68 valence electrons. The van der Waals surface area contributed by atoms with E-state index < -0.39 is 0 Å². The van der Waals surface area contributed by atoms with E-state index in [4.69, 9.17) is 4.42 Å². The van der Waals surface area contributed by atoms with E-state index in [9.17, 15) is 4.39 Å². The van der Waals surface area contributed by atoms with Gasteiger partial charge in [0, 0.05) is 12.0 Å². The van der Waals surface area contributed by atoms with Crippen LogP contribution in [0.25, 0.3) is 0 Å². The minimum absolute atomic E-state index is 0.383. The van der Waals surface area contributed by atoms with Crippen LogP contribution >= 0.6 is 0 Å². The minimum atomic E-state index is -0.383. The van der Waals surface area contributed by atoms with Gasteiger partial charge in [-0.2, -0.15) is 4.39 Å². The third kappa shape index (κ3) is 1.38. The average Bonchev–Trinajstić information content (AvgIpc) is 2.40. The highest BCUT2D eigenvalue weighted by Gasteiger charge is 2.15. The average molecular weight is 170 g/mol. The van der Waals surface area contributed by atoms with Gasteiger partial charge in [0.2, 0.25) is 0 Å². The molecule has 1 aromatic heterocycles. The third-order valence-corrected chi connectivity index (χ3v) is 2.18. The third-order valence-electron chi connectivity index (χ3n) is 2.18. The molecule has 1 aromatic rings. The van der Waals surface area contributed by atoms with Crippen molar-refractivity contribution in [3.63, 3.8) is 0 Å². The van der Waals surface area contributed by atoms with Gasteiger partial charge >= 0.3 is 0 Å². The van der Waals surface area contributed by atoms with Crippen molar-refractivity contribution in [3.05, 3.63) is 22.9 Å². The Kier molecular flexibility index (Phi) is 2.90. The summed E-state index contributed by atoms with van der Waals surface area (Å²) in [6.07, 6.45) is 2.36. The van der Waals surface area contributed by atoms with Crippen LogP contribution in [0.15, 0.2) is 4.42 Å². The maximum Gasteiger partial charge on any atom is 0.281 e. The molecule has 12 heavy (non-hydrogen) atoms. The number of hydrogen-bond acceptors (Lipinski definition) is 1. The first-order chi connectivity index (χ1) is 5.74. The second-order valence-corrected chi connectivity index (χ2v) is 2.82. The standard InChI is InChI=1S/C10H15FO/c1-4-7-8(5-2)10(11)12-9(7)6-3/h4-6H2,1-3H3. The van der Waals surface area contributed by atoms with Gasteiger partial charge in [-0.15, -0.1) is 0 Å². The van der Waals surface area contributed by atoms with Crippen LogP contribution in [0.1, 0.15) is 37.7 Å². The lowest BCUT2D eigenvalue weighted by Crippen LogP contribution is -1.90. The van der Waals surface area contributed by atoms with Crippen LogP contribution in [0, 0.1) is 6.01 Å². The van der Waals surface area contributed by atoms with Gasteiger partial charge in [0.05, 0.1) is 0 Å². The second-order valence-electron chi connectivity index (χ2n) is 2.82. The first kappa shape index (κ1) is 9.30. The van der Waals surface area contributed by atoms with E-state index in [0.717, 1.165) is 36.1 Å². The van der Waals surface area contributed by atoms with E-state index in [2.05, 4.69) is 0 Å². The quantitative estimate of drug-likeness (QED) is 0.679. The van der Waals surface area contributed by atoms with Gasteiger partial charge in [0.15, 0.2) is 0 Å². The molecule has 0 atom stereocenters. The molecule has 1 nitrogen and oxygen atoms in total. The zero-order valence-corrected chi connectivity index (χ0v) is 7.91. The molecule has 0 N–H and O–H groups in total. The Labute approximate surface area is 72.6 Å². The van der Waals surface area contributed by atoms with Crippen LogP contribution in [0.2, 0.25) is 0 Å². The molecule has 0 aliphatic heterocycles. The maximum atomic E-state index is 13.1. The normalized spacial score (nSPS) is 10.7. The molecule has 0 aliphatic carbocycles. The van der Waals surface area contributed by atoms with Crippen LogP contribution in [-0.4, -0.2) is 0 Å². The van der Waals surface area contributed by atoms with E-state index in [1.807, 2.05) is 20.8 Å². The van der Waals surface area contributed by atoms with Crippen molar-refractivity contribution in [1.29, 1.82) is 0 Å². The second kappa shape index (κ2) is 3.74. The Hall–Kier alpha value is -0.790. The zero-order chi connectivity index (χ0) is 9.14. The molecule has 0 saturated carbocycles. The summed E-state index contributed by atoms with van der Waals surface area (Å²) in [7, 11) is 0. The molecule has 0 aliphatic rings. The van der Waals surface area contributed by atoms with E-state index in [0.29, 0.717) is 0 Å². The highest BCUT2D eigenvalue weighted by molar-refractivity contribution is 5.29. The lowest BCUT2D eigenvalue weighted by atomic mass is 10.1. The predicted molar refractivity (Wildman–Crippen MR) is 46.8 cm³/mol. The molecule has 0 radical (unpaired) electrons. The number of halogens is 1. The Balaban J connectivity index is 3.16. The van der Waals surface area contributed by atoms with E-state index in [-0.39, 0.29) is 6.01 Å². The first-order valence-electron chi connectivity index (χ1n) is 4.53. The van der Waals surface area contributed by atoms with Crippen LogP contribution in [0.4, 0.5) is 4.39 Å². The van der Waals surface area contributed by atoms with Gasteiger partial charge in [-0.05, 0) is 18.4 Å². The fourth-order valence-electron chi connectivity index (χ4n) is 1.57. The summed E-state index contributed by atoms with van der Waals surface area (Å²) >= 11 is 0. The van der Waals surface area contributed by atoms with Gasteiger partial charge in [0.25, 0.3) is 6.01 Å². The van der Waals surface area contributed by atoms with Crippen LogP contribution in [-0.2, 0) is 19.3 Å². The van der Waals surface area contributed by atoms with Crippen molar-refractivity contribution in [2.75, 3.05) is 0 Å². The SMILES string of the molecule is CCc1oc(F)c(CC)c1CC. The van der Waals surface area contributed by atoms with E-state index in [1.165, 1.54) is 0 Å². The zero-order valence-electron chi connectivity index (χ0n) is 7.91. The predicted octanol–water partition coefficient (Wildman–Crippen LogP) is 3.11. The summed E-state index contributed by atoms with van der Waals surface area (Å²) in [6, 6.07) is -0.383. The number of aryl methyl sites for hydroxylation is 1. The number of hydrogen-bond donors (Lipinski definition) is 0. The van der Waals surface area contributed by atoms with Gasteiger partial charge in [-0.1, -0.05) is 20.8 Å². The van der Waals surface area contributed by atoms with Crippen LogP contribution in [0.3, 0.4) is 0 Å². The summed E-state index contributed by atoms with van der Waals surface area (Å²) < 4.78 is 18.1. The molecule has 0 amide bonds. The summed E-state index contributed by atoms with van der Waals surface area (Å²) in [4.78, 5) is 0. The maximum absolute atomic E-state index is 13.1. The molecule has 0 spiro atoms. The Morgan fingerprint density at radius 2 is 1.58 bits per heavy atom. The topological polar surface area (TPSA) is 13.1 Å². The summed E-state index contributed by atoms with van der Waals surface area (Å²) in [5.41, 5.74) is 1.83. The van der Waals surface area contributed by atoms with Crippen molar-refractivity contribution in [2.45, 2.75) is 40.0 Å². The fraction of sp³-hybridized carbons (Fsp3) is 0.600. The molecule has 1 heterocycles. The lowest BCUT2D eigenvalue weighted by Gasteiger charge is -1.96. The highest BCUT2D eigenvalue weighted by Crippen LogP contribution is 2.23. The monoisotopic (exact) mass is 170 g/mol. The van der Waals surface area contributed by atoms with E-state index >= 15 is 0 Å². The molecule has 0 saturated heterocycles. The molecule has 0 aromatic carbocycles. The molecule has 0 unspecified atom stereocenters. The largest absolute Gasteiger partial charge is 0.436 e. The molecule has 1 rings (SSSR count). The Morgan fingerprint density at radius 1 is 1.00 bits per heavy atom. The van der Waals surface area contributed by atoms with Gasteiger partial charge in [0.1, 0.15) is 5.76 Å². The molecule has 0 bridgehead atoms. The minimum Gasteiger partial charge on any atom is -0.436 e. The fourth-order valence-corrected chi connectivity index (χ4v) is 1.57.